The predicted molar refractivity (Wildman–Crippen MR) is 99.7 cm³/mol. The molecule has 0 aliphatic heterocycles. The van der Waals surface area contributed by atoms with Crippen LogP contribution < -0.4 is 10.6 Å². The summed E-state index contributed by atoms with van der Waals surface area (Å²) in [5.41, 5.74) is 5.74. The molecule has 0 fully saturated rings. The van der Waals surface area contributed by atoms with Crippen LogP contribution >= 0.6 is 0 Å². The molecule has 0 unspecified atom stereocenters. The third-order valence-electron chi connectivity index (χ3n) is 4.64. The van der Waals surface area contributed by atoms with Gasteiger partial charge in [-0.15, -0.1) is 0 Å². The molecule has 0 atom stereocenters. The zero-order valence-electron chi connectivity index (χ0n) is 14.8. The Morgan fingerprint density at radius 3 is 2.76 bits per heavy atom. The van der Waals surface area contributed by atoms with Gasteiger partial charge in [-0.2, -0.15) is 10.2 Å². The van der Waals surface area contributed by atoms with Gasteiger partial charge in [0.1, 0.15) is 0 Å². The normalized spacial score (nSPS) is 13.2. The third kappa shape index (κ3) is 5.02. The average Bonchev–Trinajstić information content (AvgIpc) is 2.63. The number of amides is 1. The van der Waals surface area contributed by atoms with Gasteiger partial charge in [-0.1, -0.05) is 17.7 Å². The first-order chi connectivity index (χ1) is 12.2. The number of carbonyl (C=O) groups is 1. The number of fused-ring (bicyclic) bond motifs is 1. The summed E-state index contributed by atoms with van der Waals surface area (Å²) in [6, 6.07) is 8.33. The van der Waals surface area contributed by atoms with E-state index in [1.807, 2.05) is 6.20 Å². The van der Waals surface area contributed by atoms with Crippen molar-refractivity contribution in [3.05, 3.63) is 52.8 Å². The number of anilines is 1. The van der Waals surface area contributed by atoms with Crippen LogP contribution in [0.5, 0.6) is 0 Å². The monoisotopic (exact) mass is 338 g/mol. The van der Waals surface area contributed by atoms with E-state index in [1.165, 1.54) is 29.5 Å². The zero-order valence-corrected chi connectivity index (χ0v) is 14.8. The standard InChI is InChI=1S/C20H26N4O/c1-15-7-9-17(10-8-15)21-11-4-12-22-20(25)13-19-18-6-3-2-5-16(18)14-23-24-19/h7-10,14,21H,2-6,11-13H2,1H3,(H,22,25). The van der Waals surface area contributed by atoms with E-state index in [2.05, 4.69) is 52.0 Å². The number of benzene rings is 1. The van der Waals surface area contributed by atoms with Gasteiger partial charge in [-0.25, -0.2) is 0 Å². The SMILES string of the molecule is Cc1ccc(NCCCNC(=O)Cc2nncc3c2CCCC3)cc1. The summed E-state index contributed by atoms with van der Waals surface area (Å²) < 4.78 is 0. The molecule has 1 aromatic carbocycles. The van der Waals surface area contributed by atoms with Gasteiger partial charge in [-0.3, -0.25) is 4.79 Å². The van der Waals surface area contributed by atoms with E-state index in [9.17, 15) is 4.79 Å². The van der Waals surface area contributed by atoms with E-state index in [-0.39, 0.29) is 5.91 Å². The van der Waals surface area contributed by atoms with Crippen LogP contribution in [0, 0.1) is 6.92 Å². The minimum atomic E-state index is 0.0311. The Morgan fingerprint density at radius 1 is 1.12 bits per heavy atom. The Balaban J connectivity index is 1.39. The molecule has 1 amide bonds. The summed E-state index contributed by atoms with van der Waals surface area (Å²) in [5, 5.41) is 14.6. The van der Waals surface area contributed by atoms with E-state index in [0.717, 1.165) is 37.2 Å². The molecule has 0 saturated carbocycles. The topological polar surface area (TPSA) is 66.9 Å². The van der Waals surface area contributed by atoms with Crippen molar-refractivity contribution in [1.29, 1.82) is 0 Å². The van der Waals surface area contributed by atoms with Gasteiger partial charge < -0.3 is 10.6 Å². The van der Waals surface area contributed by atoms with Gasteiger partial charge in [-0.05, 0) is 62.3 Å². The quantitative estimate of drug-likeness (QED) is 0.762. The van der Waals surface area contributed by atoms with Gasteiger partial charge in [0.15, 0.2) is 0 Å². The lowest BCUT2D eigenvalue weighted by Crippen LogP contribution is -2.28. The predicted octanol–water partition coefficient (Wildman–Crippen LogP) is 2.82. The smallest absolute Gasteiger partial charge is 0.226 e. The maximum absolute atomic E-state index is 12.2. The molecule has 2 N–H and O–H groups in total. The van der Waals surface area contributed by atoms with Crippen molar-refractivity contribution >= 4 is 11.6 Å². The van der Waals surface area contributed by atoms with E-state index in [0.29, 0.717) is 13.0 Å². The number of rotatable bonds is 7. The lowest BCUT2D eigenvalue weighted by atomic mass is 9.91. The maximum Gasteiger partial charge on any atom is 0.226 e. The Morgan fingerprint density at radius 2 is 1.92 bits per heavy atom. The average molecular weight is 338 g/mol. The molecule has 5 heteroatoms. The Kier molecular flexibility index (Phi) is 5.99. The molecule has 3 rings (SSSR count). The second kappa shape index (κ2) is 8.60. The minimum absolute atomic E-state index is 0.0311. The molecule has 1 heterocycles. The van der Waals surface area contributed by atoms with Gasteiger partial charge in [0.05, 0.1) is 18.3 Å². The van der Waals surface area contributed by atoms with Gasteiger partial charge in [0.25, 0.3) is 0 Å². The molecule has 2 aromatic rings. The number of nitrogens with zero attached hydrogens (tertiary/aromatic N) is 2. The van der Waals surface area contributed by atoms with E-state index < -0.39 is 0 Å². The van der Waals surface area contributed by atoms with Crippen LogP contribution in [0.25, 0.3) is 0 Å². The number of aryl methyl sites for hydroxylation is 2. The van der Waals surface area contributed by atoms with Gasteiger partial charge in [0, 0.05) is 18.8 Å². The number of hydrogen-bond acceptors (Lipinski definition) is 4. The number of carbonyl (C=O) groups excluding carboxylic acids is 1. The summed E-state index contributed by atoms with van der Waals surface area (Å²) in [6.07, 6.45) is 7.54. The van der Waals surface area contributed by atoms with Gasteiger partial charge >= 0.3 is 0 Å². The highest BCUT2D eigenvalue weighted by Crippen LogP contribution is 2.22. The highest BCUT2D eigenvalue weighted by molar-refractivity contribution is 5.78. The lowest BCUT2D eigenvalue weighted by molar-refractivity contribution is -0.120. The lowest BCUT2D eigenvalue weighted by Gasteiger charge is -2.17. The molecule has 0 saturated heterocycles. The molecule has 132 valence electrons. The molecular formula is C20H26N4O. The summed E-state index contributed by atoms with van der Waals surface area (Å²) in [4.78, 5) is 12.2. The van der Waals surface area contributed by atoms with Gasteiger partial charge in [0.2, 0.25) is 5.91 Å². The van der Waals surface area contributed by atoms with Crippen LogP contribution in [0.15, 0.2) is 30.5 Å². The molecule has 1 aliphatic carbocycles. The summed E-state index contributed by atoms with van der Waals surface area (Å²) >= 11 is 0. The third-order valence-corrected chi connectivity index (χ3v) is 4.64. The highest BCUT2D eigenvalue weighted by Gasteiger charge is 2.16. The van der Waals surface area contributed by atoms with E-state index >= 15 is 0 Å². The molecule has 0 spiro atoms. The molecular weight excluding hydrogens is 312 g/mol. The van der Waals surface area contributed by atoms with Crippen molar-refractivity contribution in [2.24, 2.45) is 0 Å². The minimum Gasteiger partial charge on any atom is -0.385 e. The van der Waals surface area contributed by atoms with Crippen molar-refractivity contribution < 1.29 is 4.79 Å². The Labute approximate surface area is 149 Å². The molecule has 5 nitrogen and oxygen atoms in total. The Bertz CT molecular complexity index is 712. The summed E-state index contributed by atoms with van der Waals surface area (Å²) in [5.74, 6) is 0.0311. The van der Waals surface area contributed by atoms with Crippen molar-refractivity contribution in [2.45, 2.75) is 45.4 Å². The van der Waals surface area contributed by atoms with E-state index in [4.69, 9.17) is 0 Å². The summed E-state index contributed by atoms with van der Waals surface area (Å²) in [7, 11) is 0. The number of nitrogens with one attached hydrogen (secondary N) is 2. The number of aromatic nitrogens is 2. The van der Waals surface area contributed by atoms with Crippen molar-refractivity contribution in [1.82, 2.24) is 15.5 Å². The molecule has 0 radical (unpaired) electrons. The van der Waals surface area contributed by atoms with Crippen molar-refractivity contribution in [2.75, 3.05) is 18.4 Å². The van der Waals surface area contributed by atoms with Crippen LogP contribution in [0.4, 0.5) is 5.69 Å². The first kappa shape index (κ1) is 17.4. The first-order valence-electron chi connectivity index (χ1n) is 9.12. The molecule has 0 bridgehead atoms. The summed E-state index contributed by atoms with van der Waals surface area (Å²) in [6.45, 7) is 3.58. The maximum atomic E-state index is 12.2. The van der Waals surface area contributed by atoms with E-state index in [1.54, 1.807) is 0 Å². The largest absolute Gasteiger partial charge is 0.385 e. The molecule has 1 aromatic heterocycles. The molecule has 25 heavy (non-hydrogen) atoms. The van der Waals surface area contributed by atoms with Crippen molar-refractivity contribution in [3.63, 3.8) is 0 Å². The fraction of sp³-hybridized carbons (Fsp3) is 0.450. The van der Waals surface area contributed by atoms with Crippen LogP contribution in [-0.4, -0.2) is 29.2 Å². The Hall–Kier alpha value is -2.43. The zero-order chi connectivity index (χ0) is 17.5. The fourth-order valence-corrected chi connectivity index (χ4v) is 3.21. The first-order valence-corrected chi connectivity index (χ1v) is 9.12. The molecule has 1 aliphatic rings. The van der Waals surface area contributed by atoms with Crippen molar-refractivity contribution in [3.8, 4) is 0 Å². The van der Waals surface area contributed by atoms with Crippen LogP contribution in [0.3, 0.4) is 0 Å². The number of hydrogen-bond donors (Lipinski definition) is 2. The van der Waals surface area contributed by atoms with Crippen LogP contribution in [0.1, 0.15) is 41.6 Å². The fourth-order valence-electron chi connectivity index (χ4n) is 3.21. The van der Waals surface area contributed by atoms with Crippen LogP contribution in [0.2, 0.25) is 0 Å². The van der Waals surface area contributed by atoms with Crippen LogP contribution in [-0.2, 0) is 24.1 Å². The second-order valence-electron chi connectivity index (χ2n) is 6.68. The highest BCUT2D eigenvalue weighted by atomic mass is 16.1. The second-order valence-corrected chi connectivity index (χ2v) is 6.68.